The maximum absolute atomic E-state index is 12.6. The van der Waals surface area contributed by atoms with E-state index in [1.54, 1.807) is 48.1 Å². The first kappa shape index (κ1) is 16.5. The van der Waals surface area contributed by atoms with Gasteiger partial charge in [0.05, 0.1) is 12.1 Å². The van der Waals surface area contributed by atoms with Crippen molar-refractivity contribution >= 4 is 28.2 Å². The molecule has 1 amide bonds. The second-order valence-electron chi connectivity index (χ2n) is 5.03. The number of anilines is 1. The predicted octanol–water partition coefficient (Wildman–Crippen LogP) is 3.35. The number of methoxy groups -OCH3 is 1. The second kappa shape index (κ2) is 6.67. The van der Waals surface area contributed by atoms with Crippen LogP contribution in [0.5, 0.6) is 0 Å². The molecule has 1 N–H and O–H groups in total. The summed E-state index contributed by atoms with van der Waals surface area (Å²) in [6.45, 7) is 1.62. The summed E-state index contributed by atoms with van der Waals surface area (Å²) in [5.41, 5.74) is 0.315. The molecular weight excluding hydrogens is 342 g/mol. The van der Waals surface area contributed by atoms with Crippen LogP contribution < -0.4 is 5.32 Å². The van der Waals surface area contributed by atoms with Gasteiger partial charge in [0, 0.05) is 12.4 Å². The van der Waals surface area contributed by atoms with E-state index < -0.39 is 11.9 Å². The number of esters is 1. The van der Waals surface area contributed by atoms with E-state index in [-0.39, 0.29) is 17.0 Å². The molecule has 0 fully saturated rings. The Bertz CT molecular complexity index is 976. The van der Waals surface area contributed by atoms with Gasteiger partial charge in [-0.3, -0.25) is 9.36 Å². The van der Waals surface area contributed by atoms with Gasteiger partial charge in [0.2, 0.25) is 5.88 Å². The van der Waals surface area contributed by atoms with E-state index in [4.69, 9.17) is 4.42 Å². The Hall–Kier alpha value is -3.31. The lowest BCUT2D eigenvalue weighted by Crippen LogP contribution is -2.13. The summed E-state index contributed by atoms with van der Waals surface area (Å²) in [6.07, 6.45) is 3.45. The minimum atomic E-state index is -0.477. The Morgan fingerprint density at radius 1 is 1.32 bits per heavy atom. The third kappa shape index (κ3) is 3.05. The van der Waals surface area contributed by atoms with Gasteiger partial charge in [0.1, 0.15) is 27.8 Å². The normalized spacial score (nSPS) is 10.3. The summed E-state index contributed by atoms with van der Waals surface area (Å²) >= 11 is 1.09. The summed E-state index contributed by atoms with van der Waals surface area (Å²) in [5.74, 6) is -0.328. The molecule has 3 aromatic heterocycles. The zero-order valence-corrected chi connectivity index (χ0v) is 14.2. The molecule has 0 saturated heterocycles. The molecule has 0 unspecified atom stereocenters. The lowest BCUT2D eigenvalue weighted by atomic mass is 10.1. The largest absolute Gasteiger partial charge is 0.465 e. The molecule has 0 aliphatic rings. The van der Waals surface area contributed by atoms with Crippen molar-refractivity contribution in [2.24, 2.45) is 0 Å². The highest BCUT2D eigenvalue weighted by Crippen LogP contribution is 2.28. The predicted molar refractivity (Wildman–Crippen MR) is 91.1 cm³/mol. The summed E-state index contributed by atoms with van der Waals surface area (Å²) in [6, 6.07) is 8.77. The molecule has 0 atom stereocenters. The number of amides is 1. The van der Waals surface area contributed by atoms with Gasteiger partial charge >= 0.3 is 5.97 Å². The number of hydrogen-bond acceptors (Lipinski definition) is 6. The van der Waals surface area contributed by atoms with Crippen LogP contribution in [-0.2, 0) is 4.74 Å². The monoisotopic (exact) mass is 355 g/mol. The Balaban J connectivity index is 1.91. The van der Waals surface area contributed by atoms with Gasteiger partial charge in [0.15, 0.2) is 0 Å². The molecule has 0 aliphatic carbocycles. The number of carbonyl (C=O) groups is 2. The minimum Gasteiger partial charge on any atom is -0.465 e. The highest BCUT2D eigenvalue weighted by atomic mass is 32.1. The number of nitriles is 1. The van der Waals surface area contributed by atoms with Crippen LogP contribution in [0.2, 0.25) is 0 Å². The van der Waals surface area contributed by atoms with E-state index >= 15 is 0 Å². The van der Waals surface area contributed by atoms with E-state index in [2.05, 4.69) is 10.1 Å². The molecule has 0 spiro atoms. The van der Waals surface area contributed by atoms with Gasteiger partial charge in [-0.15, -0.1) is 11.3 Å². The number of aromatic nitrogens is 1. The fourth-order valence-corrected chi connectivity index (χ4v) is 3.17. The van der Waals surface area contributed by atoms with Gasteiger partial charge in [-0.05, 0) is 31.2 Å². The first-order valence-corrected chi connectivity index (χ1v) is 8.03. The lowest BCUT2D eigenvalue weighted by Gasteiger charge is -2.01. The van der Waals surface area contributed by atoms with Crippen molar-refractivity contribution in [3.63, 3.8) is 0 Å². The number of carbonyl (C=O) groups excluding carboxylic acids is 2. The number of thiophene rings is 1. The number of hydrogen-bond donors (Lipinski definition) is 1. The van der Waals surface area contributed by atoms with E-state index in [1.807, 2.05) is 6.07 Å². The van der Waals surface area contributed by atoms with Gasteiger partial charge in [-0.1, -0.05) is 0 Å². The van der Waals surface area contributed by atoms with E-state index in [0.717, 1.165) is 11.3 Å². The van der Waals surface area contributed by atoms with Crippen LogP contribution in [0, 0.1) is 18.3 Å². The molecule has 7 nitrogen and oxygen atoms in total. The molecule has 0 radical (unpaired) electrons. The molecule has 8 heteroatoms. The smallest absolute Gasteiger partial charge is 0.348 e. The SMILES string of the molecule is COC(=O)c1ccc(NC(=O)c2c(C)oc(-n3cccc3)c2C#N)s1. The third-order valence-electron chi connectivity index (χ3n) is 3.47. The fourth-order valence-electron chi connectivity index (χ4n) is 2.35. The molecule has 3 rings (SSSR count). The second-order valence-corrected chi connectivity index (χ2v) is 6.11. The van der Waals surface area contributed by atoms with E-state index in [9.17, 15) is 14.9 Å². The Morgan fingerprint density at radius 3 is 2.68 bits per heavy atom. The maximum Gasteiger partial charge on any atom is 0.348 e. The summed E-state index contributed by atoms with van der Waals surface area (Å²) in [7, 11) is 1.29. The Kier molecular flexibility index (Phi) is 4.41. The van der Waals surface area contributed by atoms with Gasteiger partial charge < -0.3 is 14.5 Å². The minimum absolute atomic E-state index is 0.149. The zero-order valence-electron chi connectivity index (χ0n) is 13.4. The number of aryl methyl sites for hydroxylation is 1. The zero-order chi connectivity index (χ0) is 18.0. The molecule has 0 saturated carbocycles. The highest BCUT2D eigenvalue weighted by molar-refractivity contribution is 7.18. The van der Waals surface area contributed by atoms with Crippen LogP contribution >= 0.6 is 11.3 Å². The molecule has 25 heavy (non-hydrogen) atoms. The quantitative estimate of drug-likeness (QED) is 0.724. The number of nitrogens with one attached hydrogen (secondary N) is 1. The van der Waals surface area contributed by atoms with Crippen molar-refractivity contribution in [1.29, 1.82) is 5.26 Å². The van der Waals surface area contributed by atoms with E-state index in [1.165, 1.54) is 7.11 Å². The highest BCUT2D eigenvalue weighted by Gasteiger charge is 2.25. The van der Waals surface area contributed by atoms with Crippen LogP contribution in [0.1, 0.15) is 31.4 Å². The van der Waals surface area contributed by atoms with Crippen molar-refractivity contribution in [3.05, 3.63) is 58.4 Å². The average Bonchev–Trinajstić information content (AvgIpc) is 3.32. The number of nitrogens with zero attached hydrogens (tertiary/aromatic N) is 2. The number of furan rings is 1. The van der Waals surface area contributed by atoms with Crippen molar-refractivity contribution in [3.8, 4) is 12.0 Å². The Labute approximate surface area is 147 Å². The first-order chi connectivity index (χ1) is 12.0. The third-order valence-corrected chi connectivity index (χ3v) is 4.45. The summed E-state index contributed by atoms with van der Waals surface area (Å²) in [5, 5.41) is 12.6. The molecule has 0 aliphatic heterocycles. The maximum atomic E-state index is 12.6. The van der Waals surface area contributed by atoms with Crippen LogP contribution in [0.4, 0.5) is 5.00 Å². The van der Waals surface area contributed by atoms with Crippen molar-refractivity contribution in [2.75, 3.05) is 12.4 Å². The van der Waals surface area contributed by atoms with Crippen molar-refractivity contribution in [2.45, 2.75) is 6.92 Å². The van der Waals surface area contributed by atoms with Crippen LogP contribution in [0.3, 0.4) is 0 Å². The number of ether oxygens (including phenoxy) is 1. The van der Waals surface area contributed by atoms with Crippen molar-refractivity contribution < 1.29 is 18.7 Å². The van der Waals surface area contributed by atoms with Crippen LogP contribution in [0.25, 0.3) is 5.88 Å². The topological polar surface area (TPSA) is 97.3 Å². The van der Waals surface area contributed by atoms with E-state index in [0.29, 0.717) is 15.6 Å². The molecular formula is C17H13N3O4S. The van der Waals surface area contributed by atoms with Gasteiger partial charge in [-0.2, -0.15) is 5.26 Å². The van der Waals surface area contributed by atoms with Crippen molar-refractivity contribution in [1.82, 2.24) is 4.57 Å². The van der Waals surface area contributed by atoms with Crippen LogP contribution in [-0.4, -0.2) is 23.6 Å². The average molecular weight is 355 g/mol. The molecule has 126 valence electrons. The van der Waals surface area contributed by atoms with Gasteiger partial charge in [0.25, 0.3) is 5.91 Å². The molecule has 0 aromatic carbocycles. The first-order valence-electron chi connectivity index (χ1n) is 7.21. The summed E-state index contributed by atoms with van der Waals surface area (Å²) in [4.78, 5) is 24.5. The molecule has 0 bridgehead atoms. The Morgan fingerprint density at radius 2 is 2.04 bits per heavy atom. The van der Waals surface area contributed by atoms with Crippen LogP contribution in [0.15, 0.2) is 41.1 Å². The summed E-state index contributed by atoms with van der Waals surface area (Å²) < 4.78 is 11.9. The number of rotatable bonds is 4. The standard InChI is InChI=1S/C17H13N3O4S/c1-10-14(11(9-18)16(24-10)20-7-3-4-8-20)15(21)19-13-6-5-12(25-13)17(22)23-2/h3-8H,1-2H3,(H,19,21). The lowest BCUT2D eigenvalue weighted by molar-refractivity contribution is 0.0606. The van der Waals surface area contributed by atoms with Gasteiger partial charge in [-0.25, -0.2) is 4.79 Å². The molecule has 3 heterocycles. The fraction of sp³-hybridized carbons (Fsp3) is 0.118. The molecule has 3 aromatic rings.